The summed E-state index contributed by atoms with van der Waals surface area (Å²) in [6, 6.07) is 0. The van der Waals surface area contributed by atoms with Crippen LogP contribution in [0.5, 0.6) is 0 Å². The summed E-state index contributed by atoms with van der Waals surface area (Å²) in [5.74, 6) is -7.20. The molecule has 19 heavy (non-hydrogen) atoms. The Balaban J connectivity index is 4.92. The minimum absolute atomic E-state index is 0.741. The van der Waals surface area contributed by atoms with Crippen LogP contribution in [-0.2, 0) is 33.4 Å². The number of ether oxygens (including phenoxy) is 3. The standard InChI is InChI=1S/C11H12O8/c1-4-8(14)17-11(3,18-9(15)5-2)19-10(16)6-7(12)13/h4-5H,1-2,6H2,3H3,(H,12,13). The van der Waals surface area contributed by atoms with E-state index in [1.807, 2.05) is 0 Å². The average Bonchev–Trinajstić information content (AvgIpc) is 2.26. The summed E-state index contributed by atoms with van der Waals surface area (Å²) in [5.41, 5.74) is 0. The summed E-state index contributed by atoms with van der Waals surface area (Å²) in [5, 5.41) is 8.39. The molecule has 0 rings (SSSR count). The molecule has 8 nitrogen and oxygen atoms in total. The maximum Gasteiger partial charge on any atom is 0.420 e. The molecule has 0 atom stereocenters. The second-order valence-electron chi connectivity index (χ2n) is 3.16. The highest BCUT2D eigenvalue weighted by Gasteiger charge is 2.37. The predicted octanol–water partition coefficient (Wildman–Crippen LogP) is 0.136. The van der Waals surface area contributed by atoms with Gasteiger partial charge in [0.05, 0.1) is 6.92 Å². The van der Waals surface area contributed by atoms with Crippen molar-refractivity contribution in [3.05, 3.63) is 25.3 Å². The number of hydrogen-bond acceptors (Lipinski definition) is 7. The summed E-state index contributed by atoms with van der Waals surface area (Å²) < 4.78 is 13.5. The molecule has 8 heteroatoms. The molecular weight excluding hydrogens is 260 g/mol. The molecular formula is C11H12O8. The maximum atomic E-state index is 11.2. The van der Waals surface area contributed by atoms with Crippen LogP contribution in [0, 0.1) is 0 Å². The molecule has 0 radical (unpaired) electrons. The number of carbonyl (C=O) groups is 4. The van der Waals surface area contributed by atoms with Gasteiger partial charge in [0.15, 0.2) is 0 Å². The summed E-state index contributed by atoms with van der Waals surface area (Å²) in [6.07, 6.45) is 0.489. The fourth-order valence-electron chi connectivity index (χ4n) is 0.878. The number of aliphatic carboxylic acids is 1. The highest BCUT2D eigenvalue weighted by Crippen LogP contribution is 2.17. The minimum atomic E-state index is -2.40. The van der Waals surface area contributed by atoms with Gasteiger partial charge >= 0.3 is 29.9 Å². The third-order valence-electron chi connectivity index (χ3n) is 1.50. The molecule has 0 bridgehead atoms. The van der Waals surface area contributed by atoms with Crippen LogP contribution in [-0.4, -0.2) is 35.0 Å². The Morgan fingerprint density at radius 3 is 1.79 bits per heavy atom. The topological polar surface area (TPSA) is 116 Å². The first-order valence-electron chi connectivity index (χ1n) is 4.87. The van der Waals surface area contributed by atoms with Gasteiger partial charge in [-0.3, -0.25) is 9.59 Å². The Morgan fingerprint density at radius 2 is 1.47 bits per heavy atom. The predicted molar refractivity (Wildman–Crippen MR) is 59.3 cm³/mol. The van der Waals surface area contributed by atoms with Crippen LogP contribution in [0.25, 0.3) is 0 Å². The Hall–Kier alpha value is -2.64. The summed E-state index contributed by atoms with van der Waals surface area (Å²) >= 11 is 0. The second kappa shape index (κ2) is 6.94. The quantitative estimate of drug-likeness (QED) is 0.301. The number of hydrogen-bond donors (Lipinski definition) is 1. The summed E-state index contributed by atoms with van der Waals surface area (Å²) in [6.45, 7) is 7.14. The van der Waals surface area contributed by atoms with Crippen molar-refractivity contribution in [3.63, 3.8) is 0 Å². The summed E-state index contributed by atoms with van der Waals surface area (Å²) in [4.78, 5) is 43.5. The first-order valence-corrected chi connectivity index (χ1v) is 4.87. The van der Waals surface area contributed by atoms with Crippen LogP contribution in [0.4, 0.5) is 0 Å². The lowest BCUT2D eigenvalue weighted by Gasteiger charge is -2.26. The molecule has 0 aromatic heterocycles. The van der Waals surface area contributed by atoms with Crippen LogP contribution in [0.1, 0.15) is 13.3 Å². The molecule has 0 aromatic carbocycles. The molecule has 0 aliphatic rings. The van der Waals surface area contributed by atoms with E-state index < -0.39 is 36.3 Å². The number of esters is 3. The number of carboxylic acid groups (broad SMARTS) is 1. The van der Waals surface area contributed by atoms with E-state index in [2.05, 4.69) is 27.4 Å². The fourth-order valence-corrected chi connectivity index (χ4v) is 0.878. The normalized spacial score (nSPS) is 9.95. The molecule has 0 aliphatic heterocycles. The van der Waals surface area contributed by atoms with Crippen LogP contribution >= 0.6 is 0 Å². The zero-order valence-corrected chi connectivity index (χ0v) is 10.1. The molecule has 0 saturated heterocycles. The van der Waals surface area contributed by atoms with Gasteiger partial charge in [-0.2, -0.15) is 0 Å². The highest BCUT2D eigenvalue weighted by molar-refractivity contribution is 5.90. The zero-order chi connectivity index (χ0) is 15.1. The fraction of sp³-hybridized carbons (Fsp3) is 0.273. The Kier molecular flexibility index (Phi) is 5.98. The Labute approximate surface area is 108 Å². The van der Waals surface area contributed by atoms with E-state index in [-0.39, 0.29) is 0 Å². The van der Waals surface area contributed by atoms with Crippen molar-refractivity contribution in [2.24, 2.45) is 0 Å². The monoisotopic (exact) mass is 272 g/mol. The molecule has 0 spiro atoms. The summed E-state index contributed by atoms with van der Waals surface area (Å²) in [7, 11) is 0. The van der Waals surface area contributed by atoms with Gasteiger partial charge in [0, 0.05) is 12.2 Å². The van der Waals surface area contributed by atoms with Crippen molar-refractivity contribution in [1.29, 1.82) is 0 Å². The number of rotatable bonds is 7. The van der Waals surface area contributed by atoms with E-state index in [9.17, 15) is 19.2 Å². The van der Waals surface area contributed by atoms with Gasteiger partial charge < -0.3 is 19.3 Å². The molecule has 0 saturated carbocycles. The average molecular weight is 272 g/mol. The van der Waals surface area contributed by atoms with Crippen LogP contribution in [0.2, 0.25) is 0 Å². The van der Waals surface area contributed by atoms with Gasteiger partial charge in [-0.25, -0.2) is 9.59 Å². The van der Waals surface area contributed by atoms with Gasteiger partial charge in [-0.05, 0) is 0 Å². The van der Waals surface area contributed by atoms with Gasteiger partial charge in [0.25, 0.3) is 0 Å². The first kappa shape index (κ1) is 16.4. The largest absolute Gasteiger partial charge is 0.481 e. The van der Waals surface area contributed by atoms with Gasteiger partial charge in [-0.15, -0.1) is 0 Å². The molecule has 0 heterocycles. The van der Waals surface area contributed by atoms with Gasteiger partial charge in [0.1, 0.15) is 6.42 Å². The molecule has 0 aliphatic carbocycles. The van der Waals surface area contributed by atoms with Crippen molar-refractivity contribution < 1.29 is 38.5 Å². The van der Waals surface area contributed by atoms with E-state index >= 15 is 0 Å². The first-order chi connectivity index (χ1) is 8.72. The van der Waals surface area contributed by atoms with E-state index in [1.54, 1.807) is 0 Å². The molecule has 0 aromatic rings. The Morgan fingerprint density at radius 1 is 1.05 bits per heavy atom. The van der Waals surface area contributed by atoms with E-state index in [0.717, 1.165) is 19.1 Å². The molecule has 104 valence electrons. The third-order valence-corrected chi connectivity index (χ3v) is 1.50. The lowest BCUT2D eigenvalue weighted by atomic mass is 10.4. The molecule has 0 unspecified atom stereocenters. The van der Waals surface area contributed by atoms with Crippen molar-refractivity contribution in [3.8, 4) is 0 Å². The minimum Gasteiger partial charge on any atom is -0.481 e. The van der Waals surface area contributed by atoms with E-state index in [1.165, 1.54) is 0 Å². The smallest absolute Gasteiger partial charge is 0.420 e. The van der Waals surface area contributed by atoms with E-state index in [4.69, 9.17) is 5.11 Å². The van der Waals surface area contributed by atoms with Crippen LogP contribution in [0.15, 0.2) is 25.3 Å². The SMILES string of the molecule is C=CC(=O)OC(C)(OC(=O)C=C)OC(=O)CC(=O)O. The van der Waals surface area contributed by atoms with Crippen molar-refractivity contribution in [2.45, 2.75) is 19.3 Å². The van der Waals surface area contributed by atoms with Crippen LogP contribution < -0.4 is 0 Å². The second-order valence-corrected chi connectivity index (χ2v) is 3.16. The lowest BCUT2D eigenvalue weighted by Crippen LogP contribution is -2.41. The van der Waals surface area contributed by atoms with Crippen molar-refractivity contribution in [1.82, 2.24) is 0 Å². The maximum absolute atomic E-state index is 11.2. The highest BCUT2D eigenvalue weighted by atomic mass is 16.9. The molecule has 0 fully saturated rings. The molecule has 0 amide bonds. The number of carboxylic acids is 1. The lowest BCUT2D eigenvalue weighted by molar-refractivity contribution is -0.316. The third kappa shape index (κ3) is 6.61. The van der Waals surface area contributed by atoms with E-state index in [0.29, 0.717) is 0 Å². The number of carbonyl (C=O) groups excluding carboxylic acids is 3. The van der Waals surface area contributed by atoms with Crippen LogP contribution in [0.3, 0.4) is 0 Å². The molecule has 1 N–H and O–H groups in total. The Bertz CT molecular complexity index is 400. The van der Waals surface area contributed by atoms with Gasteiger partial charge in [-0.1, -0.05) is 13.2 Å². The van der Waals surface area contributed by atoms with Crippen molar-refractivity contribution in [2.75, 3.05) is 0 Å². The zero-order valence-electron chi connectivity index (χ0n) is 10.1. The van der Waals surface area contributed by atoms with Crippen molar-refractivity contribution >= 4 is 23.9 Å². The van der Waals surface area contributed by atoms with Gasteiger partial charge in [0.2, 0.25) is 0 Å².